The number of rotatable bonds is 7. The quantitative estimate of drug-likeness (QED) is 0.736. The lowest BCUT2D eigenvalue weighted by atomic mass is 10.1. The fourth-order valence-corrected chi connectivity index (χ4v) is 4.00. The van der Waals surface area contributed by atoms with Crippen molar-refractivity contribution in [3.8, 4) is 11.5 Å². The molecule has 2 heterocycles. The van der Waals surface area contributed by atoms with Crippen molar-refractivity contribution in [2.24, 2.45) is 5.92 Å². The number of nitrogens with one attached hydrogen (secondary N) is 1. The summed E-state index contributed by atoms with van der Waals surface area (Å²) >= 11 is 0. The number of anilines is 2. The first-order valence-corrected chi connectivity index (χ1v) is 10.6. The molecule has 0 saturated carbocycles. The van der Waals surface area contributed by atoms with Crippen molar-refractivity contribution in [1.29, 1.82) is 0 Å². The zero-order chi connectivity index (χ0) is 21.8. The Bertz CT molecular complexity index is 955. The molecule has 2 amide bonds. The van der Waals surface area contributed by atoms with Crippen LogP contribution in [0.2, 0.25) is 0 Å². The van der Waals surface area contributed by atoms with Crippen molar-refractivity contribution in [2.45, 2.75) is 32.3 Å². The molecular weight excluding hydrogens is 396 g/mol. The van der Waals surface area contributed by atoms with Gasteiger partial charge in [-0.25, -0.2) is 0 Å². The van der Waals surface area contributed by atoms with Crippen LogP contribution in [-0.2, 0) is 14.3 Å². The van der Waals surface area contributed by atoms with E-state index in [-0.39, 0.29) is 24.3 Å². The standard InChI is InChI=1S/C24H28N2O5/c1-16-8-9-22(29-2)21(11-16)26-14-17(12-23(26)27)24(28)25-18-5-3-6-19(13-18)31-15-20-7-4-10-30-20/h3,5-6,8-9,11,13,17,20H,4,7,10,12,14-15H2,1-2H3,(H,25,28). The topological polar surface area (TPSA) is 77.1 Å². The van der Waals surface area contributed by atoms with E-state index in [9.17, 15) is 9.59 Å². The van der Waals surface area contributed by atoms with Gasteiger partial charge in [-0.15, -0.1) is 0 Å². The minimum absolute atomic E-state index is 0.0855. The highest BCUT2D eigenvalue weighted by atomic mass is 16.5. The Balaban J connectivity index is 1.39. The summed E-state index contributed by atoms with van der Waals surface area (Å²) in [6.07, 6.45) is 2.37. The Labute approximate surface area is 182 Å². The first kappa shape index (κ1) is 21.2. The highest BCUT2D eigenvalue weighted by Gasteiger charge is 2.36. The van der Waals surface area contributed by atoms with Crippen molar-refractivity contribution < 1.29 is 23.8 Å². The van der Waals surface area contributed by atoms with Gasteiger partial charge < -0.3 is 24.4 Å². The van der Waals surface area contributed by atoms with Crippen LogP contribution in [0.3, 0.4) is 0 Å². The number of ether oxygens (including phenoxy) is 3. The van der Waals surface area contributed by atoms with Gasteiger partial charge in [-0.3, -0.25) is 9.59 Å². The summed E-state index contributed by atoms with van der Waals surface area (Å²) in [6, 6.07) is 13.0. The highest BCUT2D eigenvalue weighted by Crippen LogP contribution is 2.34. The lowest BCUT2D eigenvalue weighted by molar-refractivity contribution is -0.122. The van der Waals surface area contributed by atoms with Crippen molar-refractivity contribution in [1.82, 2.24) is 0 Å². The molecule has 1 N–H and O–H groups in total. The maximum Gasteiger partial charge on any atom is 0.229 e. The van der Waals surface area contributed by atoms with Crippen LogP contribution in [0.1, 0.15) is 24.8 Å². The van der Waals surface area contributed by atoms with Crippen molar-refractivity contribution in [3.63, 3.8) is 0 Å². The van der Waals surface area contributed by atoms with Crippen LogP contribution in [0.15, 0.2) is 42.5 Å². The van der Waals surface area contributed by atoms with Crippen LogP contribution in [0.25, 0.3) is 0 Å². The molecule has 0 radical (unpaired) electrons. The third kappa shape index (κ3) is 4.99. The van der Waals surface area contributed by atoms with Crippen LogP contribution >= 0.6 is 0 Å². The molecule has 4 rings (SSSR count). The SMILES string of the molecule is COc1ccc(C)cc1N1CC(C(=O)Nc2cccc(OCC3CCCO3)c2)CC1=O. The van der Waals surface area contributed by atoms with Gasteiger partial charge in [0.05, 0.1) is 24.8 Å². The highest BCUT2D eigenvalue weighted by molar-refractivity contribution is 6.04. The third-order valence-corrected chi connectivity index (χ3v) is 5.68. The normalized spacial score (nSPS) is 20.7. The summed E-state index contributed by atoms with van der Waals surface area (Å²) in [6.45, 7) is 3.57. The summed E-state index contributed by atoms with van der Waals surface area (Å²) in [7, 11) is 1.58. The lowest BCUT2D eigenvalue weighted by Crippen LogP contribution is -2.28. The Kier molecular flexibility index (Phi) is 6.42. The zero-order valence-electron chi connectivity index (χ0n) is 17.9. The molecule has 31 heavy (non-hydrogen) atoms. The van der Waals surface area contributed by atoms with Crippen LogP contribution in [0.4, 0.5) is 11.4 Å². The smallest absolute Gasteiger partial charge is 0.229 e. The van der Waals surface area contributed by atoms with Gasteiger partial charge in [-0.2, -0.15) is 0 Å². The molecule has 2 aromatic carbocycles. The molecule has 2 aromatic rings. The molecule has 0 spiro atoms. The number of hydrogen-bond donors (Lipinski definition) is 1. The Hall–Kier alpha value is -3.06. The molecule has 164 valence electrons. The first-order valence-electron chi connectivity index (χ1n) is 10.6. The van der Waals surface area contributed by atoms with Crippen LogP contribution < -0.4 is 19.7 Å². The zero-order valence-corrected chi connectivity index (χ0v) is 17.9. The van der Waals surface area contributed by atoms with Crippen molar-refractivity contribution >= 4 is 23.2 Å². The number of nitrogens with zero attached hydrogens (tertiary/aromatic N) is 1. The molecule has 2 saturated heterocycles. The molecular formula is C24H28N2O5. The van der Waals surface area contributed by atoms with Crippen molar-refractivity contribution in [2.75, 3.05) is 37.1 Å². The second-order valence-corrected chi connectivity index (χ2v) is 8.04. The van der Waals surface area contributed by atoms with E-state index in [1.165, 1.54) is 0 Å². The molecule has 2 aliphatic rings. The summed E-state index contributed by atoms with van der Waals surface area (Å²) in [4.78, 5) is 27.1. The van der Waals surface area contributed by atoms with Crippen molar-refractivity contribution in [3.05, 3.63) is 48.0 Å². The predicted octanol–water partition coefficient (Wildman–Crippen LogP) is 3.55. The molecule has 2 fully saturated rings. The fourth-order valence-electron chi connectivity index (χ4n) is 4.00. The lowest BCUT2D eigenvalue weighted by Gasteiger charge is -2.20. The van der Waals surface area contributed by atoms with E-state index in [2.05, 4.69) is 5.32 Å². The summed E-state index contributed by atoms with van der Waals surface area (Å²) in [5.41, 5.74) is 2.37. The fraction of sp³-hybridized carbons (Fsp3) is 0.417. The van der Waals surface area contributed by atoms with E-state index in [4.69, 9.17) is 14.2 Å². The van der Waals surface area contributed by atoms with E-state index in [1.807, 2.05) is 43.3 Å². The second-order valence-electron chi connectivity index (χ2n) is 8.04. The third-order valence-electron chi connectivity index (χ3n) is 5.68. The van der Waals surface area contributed by atoms with Gasteiger partial charge in [0.15, 0.2) is 0 Å². The molecule has 0 aromatic heterocycles. The molecule has 0 bridgehead atoms. The Morgan fingerprint density at radius 1 is 1.26 bits per heavy atom. The number of carbonyl (C=O) groups is 2. The molecule has 7 heteroatoms. The molecule has 7 nitrogen and oxygen atoms in total. The maximum absolute atomic E-state index is 12.9. The number of carbonyl (C=O) groups excluding carboxylic acids is 2. The average Bonchev–Trinajstić information content (AvgIpc) is 3.42. The number of aryl methyl sites for hydroxylation is 1. The van der Waals surface area contributed by atoms with E-state index in [1.54, 1.807) is 18.1 Å². The Morgan fingerprint density at radius 2 is 2.13 bits per heavy atom. The van der Waals surface area contributed by atoms with Crippen LogP contribution in [0, 0.1) is 12.8 Å². The monoisotopic (exact) mass is 424 g/mol. The number of methoxy groups -OCH3 is 1. The number of hydrogen-bond acceptors (Lipinski definition) is 5. The molecule has 2 unspecified atom stereocenters. The average molecular weight is 424 g/mol. The van der Waals surface area contributed by atoms with Gasteiger partial charge >= 0.3 is 0 Å². The van der Waals surface area contributed by atoms with E-state index in [0.717, 1.165) is 25.0 Å². The maximum atomic E-state index is 12.9. The molecule has 2 aliphatic heterocycles. The van der Waals surface area contributed by atoms with Gasteiger partial charge in [0.2, 0.25) is 11.8 Å². The summed E-state index contributed by atoms with van der Waals surface area (Å²) < 4.78 is 16.8. The second kappa shape index (κ2) is 9.39. The van der Waals surface area contributed by atoms with Gasteiger partial charge in [0, 0.05) is 31.3 Å². The minimum Gasteiger partial charge on any atom is -0.495 e. The minimum atomic E-state index is -0.436. The van der Waals surface area contributed by atoms with Gasteiger partial charge in [-0.05, 0) is 49.6 Å². The molecule has 2 atom stereocenters. The number of benzene rings is 2. The van der Waals surface area contributed by atoms with Gasteiger partial charge in [0.1, 0.15) is 18.1 Å². The van der Waals surface area contributed by atoms with E-state index < -0.39 is 5.92 Å². The first-order chi connectivity index (χ1) is 15.0. The van der Waals surface area contributed by atoms with Crippen LogP contribution in [0.5, 0.6) is 11.5 Å². The summed E-state index contributed by atoms with van der Waals surface area (Å²) in [5, 5.41) is 2.92. The predicted molar refractivity (Wildman–Crippen MR) is 118 cm³/mol. The Morgan fingerprint density at radius 3 is 2.90 bits per heavy atom. The van der Waals surface area contributed by atoms with Gasteiger partial charge in [-0.1, -0.05) is 12.1 Å². The largest absolute Gasteiger partial charge is 0.495 e. The molecule has 0 aliphatic carbocycles. The van der Waals surface area contributed by atoms with E-state index in [0.29, 0.717) is 36.0 Å². The van der Waals surface area contributed by atoms with Gasteiger partial charge in [0.25, 0.3) is 0 Å². The number of amides is 2. The van der Waals surface area contributed by atoms with E-state index >= 15 is 0 Å². The summed E-state index contributed by atoms with van der Waals surface area (Å²) in [5.74, 6) is 0.601. The van der Waals surface area contributed by atoms with Crippen LogP contribution in [-0.4, -0.2) is 44.8 Å².